The minimum atomic E-state index is -1.03. The number of ether oxygens (including phenoxy) is 2. The van der Waals surface area contributed by atoms with E-state index in [1.165, 1.54) is 18.7 Å². The largest absolute Gasteiger partial charge is 0.449 e. The zero-order valence-corrected chi connectivity index (χ0v) is 18.9. The van der Waals surface area contributed by atoms with Crippen molar-refractivity contribution >= 4 is 23.5 Å². The second kappa shape index (κ2) is 11.4. The number of carbonyl (C=O) groups excluding carboxylic acids is 3. The molecule has 0 saturated carbocycles. The van der Waals surface area contributed by atoms with Crippen LogP contribution in [0.4, 0.5) is 5.69 Å². The first-order chi connectivity index (χ1) is 16.4. The van der Waals surface area contributed by atoms with Gasteiger partial charge in [0.1, 0.15) is 5.75 Å². The van der Waals surface area contributed by atoms with Gasteiger partial charge in [0.25, 0.3) is 5.91 Å². The minimum Gasteiger partial charge on any atom is -0.449 e. The maximum atomic E-state index is 13.0. The fourth-order valence-electron chi connectivity index (χ4n) is 3.31. The van der Waals surface area contributed by atoms with Crippen molar-refractivity contribution in [3.05, 3.63) is 84.4 Å². The molecule has 0 bridgehead atoms. The third-order valence-corrected chi connectivity index (χ3v) is 4.98. The van der Waals surface area contributed by atoms with Gasteiger partial charge in [0, 0.05) is 19.2 Å². The molecule has 0 saturated heterocycles. The number of nitrogens with zero attached hydrogens (tertiary/aromatic N) is 2. The smallest absolute Gasteiger partial charge is 0.338 e. The van der Waals surface area contributed by atoms with Crippen LogP contribution in [0.5, 0.6) is 5.75 Å². The Morgan fingerprint density at radius 3 is 2.06 bits per heavy atom. The number of amides is 1. The number of anilines is 1. The van der Waals surface area contributed by atoms with E-state index in [2.05, 4.69) is 0 Å². The number of benzene rings is 3. The van der Waals surface area contributed by atoms with Crippen LogP contribution in [0.25, 0.3) is 11.1 Å². The highest BCUT2D eigenvalue weighted by Crippen LogP contribution is 2.23. The quantitative estimate of drug-likeness (QED) is 0.358. The molecule has 0 spiro atoms. The van der Waals surface area contributed by atoms with Crippen molar-refractivity contribution in [2.75, 3.05) is 11.4 Å². The van der Waals surface area contributed by atoms with Gasteiger partial charge in [0.15, 0.2) is 6.10 Å². The molecule has 0 aliphatic rings. The van der Waals surface area contributed by atoms with Crippen molar-refractivity contribution < 1.29 is 23.9 Å². The molecule has 0 aromatic heterocycles. The molecule has 0 aliphatic carbocycles. The van der Waals surface area contributed by atoms with E-state index in [0.717, 1.165) is 11.1 Å². The first-order valence-corrected chi connectivity index (χ1v) is 10.7. The average molecular weight is 456 g/mol. The Hall–Kier alpha value is -4.44. The lowest BCUT2D eigenvalue weighted by Gasteiger charge is -2.25. The predicted octanol–water partition coefficient (Wildman–Crippen LogP) is 4.77. The summed E-state index contributed by atoms with van der Waals surface area (Å²) in [6.07, 6.45) is -0.871. The molecule has 3 aromatic rings. The topological polar surface area (TPSA) is 96.7 Å². The molecule has 1 amide bonds. The summed E-state index contributed by atoms with van der Waals surface area (Å²) in [6.45, 7) is 3.05. The molecule has 0 N–H and O–H groups in total. The average Bonchev–Trinajstić information content (AvgIpc) is 2.85. The number of hydrogen-bond donors (Lipinski definition) is 0. The van der Waals surface area contributed by atoms with E-state index < -0.39 is 18.0 Å². The van der Waals surface area contributed by atoms with Crippen LogP contribution in [-0.4, -0.2) is 30.5 Å². The standard InChI is InChI=1S/C27H24N2O5/c1-19(26(31)29(18-6-17-28)24-7-4-3-5-8-24)33-27(32)23-11-9-21(10-12-23)22-13-15-25(16-14-22)34-20(2)30/h3-5,7-16,19H,6,18H2,1-2H3. The molecule has 0 heterocycles. The molecule has 0 radical (unpaired) electrons. The van der Waals surface area contributed by atoms with E-state index in [4.69, 9.17) is 14.7 Å². The van der Waals surface area contributed by atoms with Crippen LogP contribution in [0.2, 0.25) is 0 Å². The second-order valence-corrected chi connectivity index (χ2v) is 7.48. The Labute approximate surface area is 198 Å². The number of hydrogen-bond acceptors (Lipinski definition) is 6. The molecule has 3 rings (SSSR count). The summed E-state index contributed by atoms with van der Waals surface area (Å²) < 4.78 is 10.4. The van der Waals surface area contributed by atoms with Crippen molar-refractivity contribution in [2.45, 2.75) is 26.4 Å². The van der Waals surface area contributed by atoms with Gasteiger partial charge in [-0.3, -0.25) is 9.59 Å². The molecule has 1 atom stereocenters. The third-order valence-electron chi connectivity index (χ3n) is 4.98. The SMILES string of the molecule is CC(=O)Oc1ccc(-c2ccc(C(=O)OC(C)C(=O)N(CCC#N)c3ccccc3)cc2)cc1. The van der Waals surface area contributed by atoms with E-state index in [1.807, 2.05) is 24.3 Å². The van der Waals surface area contributed by atoms with Crippen LogP contribution < -0.4 is 9.64 Å². The predicted molar refractivity (Wildman–Crippen MR) is 127 cm³/mol. The highest BCUT2D eigenvalue weighted by molar-refractivity contribution is 5.99. The number of esters is 2. The van der Waals surface area contributed by atoms with E-state index >= 15 is 0 Å². The summed E-state index contributed by atoms with van der Waals surface area (Å²) in [5, 5.41) is 8.94. The number of rotatable bonds is 8. The Morgan fingerprint density at radius 1 is 0.912 bits per heavy atom. The van der Waals surface area contributed by atoms with E-state index in [1.54, 1.807) is 60.7 Å². The molecular weight excluding hydrogens is 432 g/mol. The van der Waals surface area contributed by atoms with Crippen molar-refractivity contribution in [1.82, 2.24) is 0 Å². The van der Waals surface area contributed by atoms with Gasteiger partial charge < -0.3 is 14.4 Å². The fourth-order valence-corrected chi connectivity index (χ4v) is 3.31. The van der Waals surface area contributed by atoms with Crippen molar-refractivity contribution in [2.24, 2.45) is 0 Å². The molecule has 0 aliphatic heterocycles. The Bertz CT molecular complexity index is 1180. The van der Waals surface area contributed by atoms with Crippen molar-refractivity contribution in [1.29, 1.82) is 5.26 Å². The lowest BCUT2D eigenvalue weighted by Crippen LogP contribution is -2.40. The highest BCUT2D eigenvalue weighted by Gasteiger charge is 2.25. The first-order valence-electron chi connectivity index (χ1n) is 10.7. The molecule has 0 fully saturated rings. The normalized spacial score (nSPS) is 11.1. The molecule has 34 heavy (non-hydrogen) atoms. The Morgan fingerprint density at radius 2 is 1.50 bits per heavy atom. The summed E-state index contributed by atoms with van der Waals surface area (Å²) in [4.78, 5) is 38.1. The van der Waals surface area contributed by atoms with E-state index in [0.29, 0.717) is 17.0 Å². The molecular formula is C27H24N2O5. The van der Waals surface area contributed by atoms with Crippen molar-refractivity contribution in [3.8, 4) is 22.9 Å². The number of carbonyl (C=O) groups is 3. The Kier molecular flexibility index (Phi) is 8.14. The van der Waals surface area contributed by atoms with Gasteiger partial charge >= 0.3 is 11.9 Å². The first kappa shape index (κ1) is 24.2. The molecule has 7 nitrogen and oxygen atoms in total. The van der Waals surface area contributed by atoms with Gasteiger partial charge in [-0.1, -0.05) is 42.5 Å². The minimum absolute atomic E-state index is 0.157. The lowest BCUT2D eigenvalue weighted by molar-refractivity contribution is -0.131. The van der Waals surface area contributed by atoms with E-state index in [9.17, 15) is 14.4 Å². The van der Waals surface area contributed by atoms with Crippen LogP contribution >= 0.6 is 0 Å². The highest BCUT2D eigenvalue weighted by atomic mass is 16.5. The zero-order valence-electron chi connectivity index (χ0n) is 18.9. The molecule has 3 aromatic carbocycles. The van der Waals surface area contributed by atoms with Crippen LogP contribution in [0.15, 0.2) is 78.9 Å². The lowest BCUT2D eigenvalue weighted by atomic mass is 10.0. The molecule has 172 valence electrons. The maximum absolute atomic E-state index is 13.0. The zero-order chi connectivity index (χ0) is 24.5. The summed E-state index contributed by atoms with van der Waals surface area (Å²) in [7, 11) is 0. The van der Waals surface area contributed by atoms with Crippen LogP contribution in [0.1, 0.15) is 30.6 Å². The summed E-state index contributed by atoms with van der Waals surface area (Å²) in [5.74, 6) is -0.958. The van der Waals surface area contributed by atoms with Gasteiger partial charge in [-0.05, 0) is 54.4 Å². The van der Waals surface area contributed by atoms with E-state index in [-0.39, 0.29) is 18.9 Å². The van der Waals surface area contributed by atoms with Gasteiger partial charge in [-0.15, -0.1) is 0 Å². The molecule has 1 unspecified atom stereocenters. The van der Waals surface area contributed by atoms with Crippen LogP contribution in [0.3, 0.4) is 0 Å². The number of nitriles is 1. The fraction of sp³-hybridized carbons (Fsp3) is 0.185. The Balaban J connectivity index is 1.66. The van der Waals surface area contributed by atoms with Gasteiger partial charge in [0.05, 0.1) is 18.1 Å². The second-order valence-electron chi connectivity index (χ2n) is 7.48. The van der Waals surface area contributed by atoms with Crippen molar-refractivity contribution in [3.63, 3.8) is 0 Å². The number of para-hydroxylation sites is 1. The van der Waals surface area contributed by atoms with Gasteiger partial charge in [-0.25, -0.2) is 4.79 Å². The summed E-state index contributed by atoms with van der Waals surface area (Å²) in [6, 6.07) is 24.8. The monoisotopic (exact) mass is 456 g/mol. The third kappa shape index (κ3) is 6.30. The van der Waals surface area contributed by atoms with Crippen LogP contribution in [-0.2, 0) is 14.3 Å². The van der Waals surface area contributed by atoms with Crippen LogP contribution in [0, 0.1) is 11.3 Å². The summed E-state index contributed by atoms with van der Waals surface area (Å²) >= 11 is 0. The van der Waals surface area contributed by atoms with Gasteiger partial charge in [0.2, 0.25) is 0 Å². The van der Waals surface area contributed by atoms with Gasteiger partial charge in [-0.2, -0.15) is 5.26 Å². The summed E-state index contributed by atoms with van der Waals surface area (Å²) in [5.41, 5.74) is 2.69. The maximum Gasteiger partial charge on any atom is 0.338 e. The molecule has 7 heteroatoms.